The van der Waals surface area contributed by atoms with Crippen molar-refractivity contribution in [2.75, 3.05) is 20.0 Å². The number of benzene rings is 2. The van der Waals surface area contributed by atoms with Crippen LogP contribution in [0.5, 0.6) is 11.5 Å². The fraction of sp³-hybridized carbons (Fsp3) is 0.407. The monoisotopic (exact) mass is 507 g/mol. The average molecular weight is 508 g/mol. The van der Waals surface area contributed by atoms with Gasteiger partial charge in [-0.05, 0) is 44.9 Å². The summed E-state index contributed by atoms with van der Waals surface area (Å²) in [4.78, 5) is 12.6. The molecule has 1 fully saturated rings. The lowest BCUT2D eigenvalue weighted by molar-refractivity contribution is -0.118. The summed E-state index contributed by atoms with van der Waals surface area (Å²) in [5, 5.41) is 14.0. The number of nitrogens with one attached hydrogen (secondary N) is 1. The van der Waals surface area contributed by atoms with Gasteiger partial charge in [0.05, 0.1) is 25.7 Å². The van der Waals surface area contributed by atoms with Gasteiger partial charge in [0.1, 0.15) is 0 Å². The Hall–Kier alpha value is -3.33. The maximum Gasteiger partial charge on any atom is 0.250 e. The maximum atomic E-state index is 12.6. The summed E-state index contributed by atoms with van der Waals surface area (Å²) in [7, 11) is 3.18. The van der Waals surface area contributed by atoms with E-state index in [-0.39, 0.29) is 11.7 Å². The van der Waals surface area contributed by atoms with Crippen molar-refractivity contribution in [2.45, 2.75) is 57.1 Å². The van der Waals surface area contributed by atoms with Crippen molar-refractivity contribution in [1.82, 2.24) is 20.2 Å². The predicted octanol–water partition coefficient (Wildman–Crippen LogP) is 5.41. The van der Waals surface area contributed by atoms with Gasteiger partial charge in [-0.2, -0.15) is 5.10 Å². The summed E-state index contributed by atoms with van der Waals surface area (Å²) in [6.07, 6.45) is 5.87. The molecular weight excluding hydrogens is 474 g/mol. The third-order valence-corrected chi connectivity index (χ3v) is 7.34. The van der Waals surface area contributed by atoms with Crippen LogP contribution in [0.4, 0.5) is 0 Å². The second kappa shape index (κ2) is 12.1. The largest absolute Gasteiger partial charge is 0.493 e. The number of carbonyl (C=O) groups excluding carboxylic acids is 1. The van der Waals surface area contributed by atoms with Gasteiger partial charge >= 0.3 is 0 Å². The molecule has 0 radical (unpaired) electrons. The summed E-state index contributed by atoms with van der Waals surface area (Å²) in [5.41, 5.74) is 6.41. The van der Waals surface area contributed by atoms with E-state index in [0.717, 1.165) is 34.9 Å². The highest BCUT2D eigenvalue weighted by Gasteiger charge is 2.24. The minimum atomic E-state index is -0.199. The minimum absolute atomic E-state index is 0.196. The van der Waals surface area contributed by atoms with E-state index < -0.39 is 0 Å². The normalized spacial score (nSPS) is 14.5. The number of carbonyl (C=O) groups is 1. The Labute approximate surface area is 216 Å². The number of hydrazone groups is 1. The molecule has 190 valence electrons. The SMILES string of the molecule is COc1ccc(/C(C)=N/NC(=O)CSc2nnc(-c3ccc(C)cc3)n2C2CCCCC2)cc1OC. The van der Waals surface area contributed by atoms with Gasteiger partial charge in [0.15, 0.2) is 22.5 Å². The zero-order chi connectivity index (χ0) is 25.5. The lowest BCUT2D eigenvalue weighted by Gasteiger charge is -2.25. The zero-order valence-electron chi connectivity index (χ0n) is 21.3. The zero-order valence-corrected chi connectivity index (χ0v) is 22.1. The molecule has 1 aliphatic carbocycles. The molecule has 1 aromatic heterocycles. The van der Waals surface area contributed by atoms with Crippen molar-refractivity contribution >= 4 is 23.4 Å². The topological polar surface area (TPSA) is 90.6 Å². The highest BCUT2D eigenvalue weighted by molar-refractivity contribution is 7.99. The molecule has 1 aliphatic rings. The quantitative estimate of drug-likeness (QED) is 0.237. The highest BCUT2D eigenvalue weighted by atomic mass is 32.2. The Balaban J connectivity index is 1.46. The van der Waals surface area contributed by atoms with Gasteiger partial charge in [0, 0.05) is 17.2 Å². The van der Waals surface area contributed by atoms with E-state index in [1.165, 1.54) is 36.6 Å². The van der Waals surface area contributed by atoms with Crippen LogP contribution >= 0.6 is 11.8 Å². The summed E-state index contributed by atoms with van der Waals surface area (Å²) in [6.45, 7) is 3.91. The van der Waals surface area contributed by atoms with Crippen molar-refractivity contribution in [1.29, 1.82) is 0 Å². The molecule has 0 atom stereocenters. The number of thioether (sulfide) groups is 1. The lowest BCUT2D eigenvalue weighted by atomic mass is 9.95. The molecule has 36 heavy (non-hydrogen) atoms. The Kier molecular flexibility index (Phi) is 8.64. The molecule has 1 saturated carbocycles. The third kappa shape index (κ3) is 6.07. The van der Waals surface area contributed by atoms with Crippen molar-refractivity contribution in [3.63, 3.8) is 0 Å². The van der Waals surface area contributed by atoms with Crippen LogP contribution in [0.25, 0.3) is 11.4 Å². The molecule has 1 amide bonds. The molecule has 3 aromatic rings. The van der Waals surface area contributed by atoms with Crippen LogP contribution in [0.1, 0.15) is 56.2 Å². The Morgan fingerprint density at radius 1 is 1.06 bits per heavy atom. The first-order valence-corrected chi connectivity index (χ1v) is 13.2. The fourth-order valence-corrected chi connectivity index (χ4v) is 5.18. The number of ether oxygens (including phenoxy) is 2. The van der Waals surface area contributed by atoms with E-state index >= 15 is 0 Å². The fourth-order valence-electron chi connectivity index (χ4n) is 4.38. The highest BCUT2D eigenvalue weighted by Crippen LogP contribution is 2.35. The first-order valence-electron chi connectivity index (χ1n) is 12.2. The van der Waals surface area contributed by atoms with Crippen LogP contribution in [0.2, 0.25) is 0 Å². The molecule has 1 heterocycles. The van der Waals surface area contributed by atoms with E-state index in [4.69, 9.17) is 9.47 Å². The first kappa shape index (κ1) is 25.8. The van der Waals surface area contributed by atoms with E-state index in [1.807, 2.05) is 25.1 Å². The van der Waals surface area contributed by atoms with Gasteiger partial charge in [-0.1, -0.05) is 60.9 Å². The lowest BCUT2D eigenvalue weighted by Crippen LogP contribution is -2.22. The number of amides is 1. The number of aromatic nitrogens is 3. The summed E-state index contributed by atoms with van der Waals surface area (Å²) in [5.74, 6) is 2.11. The summed E-state index contributed by atoms with van der Waals surface area (Å²) < 4.78 is 12.9. The van der Waals surface area contributed by atoms with Crippen LogP contribution < -0.4 is 14.9 Å². The Bertz CT molecular complexity index is 1220. The van der Waals surface area contributed by atoms with Crippen molar-refractivity contribution in [3.05, 3.63) is 53.6 Å². The molecule has 1 N–H and O–H groups in total. The van der Waals surface area contributed by atoms with Gasteiger partial charge < -0.3 is 9.47 Å². The second-order valence-corrected chi connectivity index (χ2v) is 9.87. The molecule has 4 rings (SSSR count). The van der Waals surface area contributed by atoms with Gasteiger partial charge in [0.2, 0.25) is 0 Å². The molecule has 8 nitrogen and oxygen atoms in total. The molecule has 0 unspecified atom stereocenters. The second-order valence-electron chi connectivity index (χ2n) is 8.92. The van der Waals surface area contributed by atoms with Gasteiger partial charge in [-0.15, -0.1) is 10.2 Å². The van der Waals surface area contributed by atoms with Crippen LogP contribution in [-0.4, -0.2) is 46.4 Å². The minimum Gasteiger partial charge on any atom is -0.493 e. The van der Waals surface area contributed by atoms with Crippen LogP contribution in [0.15, 0.2) is 52.7 Å². The van der Waals surface area contributed by atoms with Crippen LogP contribution in [-0.2, 0) is 4.79 Å². The smallest absolute Gasteiger partial charge is 0.250 e. The van der Waals surface area contributed by atoms with E-state index in [0.29, 0.717) is 23.3 Å². The number of aryl methyl sites for hydroxylation is 1. The van der Waals surface area contributed by atoms with Crippen molar-refractivity contribution in [2.24, 2.45) is 5.10 Å². The standard InChI is InChI=1S/C27H33N5O3S/c1-18-10-12-20(13-11-18)26-30-31-27(32(26)22-8-6-5-7-9-22)36-17-25(33)29-28-19(2)21-14-15-23(34-3)24(16-21)35-4/h10-16,22H,5-9,17H2,1-4H3,(H,29,33)/b28-19+. The van der Waals surface area contributed by atoms with Crippen LogP contribution in [0.3, 0.4) is 0 Å². The maximum absolute atomic E-state index is 12.6. The van der Waals surface area contributed by atoms with Crippen molar-refractivity contribution in [3.8, 4) is 22.9 Å². The summed E-state index contributed by atoms with van der Waals surface area (Å²) in [6, 6.07) is 14.2. The predicted molar refractivity (Wildman–Crippen MR) is 143 cm³/mol. The molecule has 0 aliphatic heterocycles. The Morgan fingerprint density at radius 3 is 2.47 bits per heavy atom. The summed E-state index contributed by atoms with van der Waals surface area (Å²) >= 11 is 1.40. The molecule has 0 spiro atoms. The molecule has 0 bridgehead atoms. The van der Waals surface area contributed by atoms with Gasteiger partial charge in [-0.3, -0.25) is 9.36 Å². The van der Waals surface area contributed by atoms with Crippen LogP contribution in [0, 0.1) is 6.92 Å². The number of hydrogen-bond donors (Lipinski definition) is 1. The average Bonchev–Trinajstić information content (AvgIpc) is 3.35. The van der Waals surface area contributed by atoms with Gasteiger partial charge in [0.25, 0.3) is 5.91 Å². The molecular formula is C27H33N5O3S. The van der Waals surface area contributed by atoms with E-state index in [9.17, 15) is 4.79 Å². The van der Waals surface area contributed by atoms with Gasteiger partial charge in [-0.25, -0.2) is 5.43 Å². The van der Waals surface area contributed by atoms with E-state index in [1.54, 1.807) is 14.2 Å². The van der Waals surface area contributed by atoms with Crippen molar-refractivity contribution < 1.29 is 14.3 Å². The molecule has 9 heteroatoms. The number of rotatable bonds is 9. The third-order valence-electron chi connectivity index (χ3n) is 6.40. The first-order chi connectivity index (χ1) is 17.5. The molecule has 0 saturated heterocycles. The number of hydrogen-bond acceptors (Lipinski definition) is 7. The van der Waals surface area contributed by atoms with E-state index in [2.05, 4.69) is 56.5 Å². The number of nitrogens with zero attached hydrogens (tertiary/aromatic N) is 4. The number of methoxy groups -OCH3 is 2. The Morgan fingerprint density at radius 2 is 1.78 bits per heavy atom. The molecule has 2 aromatic carbocycles.